The third kappa shape index (κ3) is 5.00. The zero-order valence-corrected chi connectivity index (χ0v) is 11.8. The predicted octanol–water partition coefficient (Wildman–Crippen LogP) is 2.05. The number of nitrogens with two attached hydrogens (primary N) is 1. The predicted molar refractivity (Wildman–Crippen MR) is 81.2 cm³/mol. The van der Waals surface area contributed by atoms with Gasteiger partial charge in [0.25, 0.3) is 0 Å². The average molecular weight is 286 g/mol. The summed E-state index contributed by atoms with van der Waals surface area (Å²) in [5.74, 6) is -0.477. The molecule has 3 nitrogen and oxygen atoms in total. The van der Waals surface area contributed by atoms with Crippen molar-refractivity contribution in [2.75, 3.05) is 6.54 Å². The van der Waals surface area contributed by atoms with Gasteiger partial charge >= 0.3 is 0 Å². The molecule has 3 N–H and O–H groups in total. The first-order valence-corrected chi connectivity index (χ1v) is 6.97. The van der Waals surface area contributed by atoms with Crippen LogP contribution in [-0.4, -0.2) is 18.5 Å². The van der Waals surface area contributed by atoms with Crippen molar-refractivity contribution in [2.24, 2.45) is 5.73 Å². The minimum Gasteiger partial charge on any atom is -0.354 e. The highest BCUT2D eigenvalue weighted by Crippen LogP contribution is 2.05. The van der Waals surface area contributed by atoms with Crippen LogP contribution >= 0.6 is 0 Å². The lowest BCUT2D eigenvalue weighted by molar-refractivity contribution is -0.122. The molecule has 2 aromatic rings. The number of carbonyl (C=O) groups is 1. The summed E-state index contributed by atoms with van der Waals surface area (Å²) in [5, 5.41) is 2.82. The third-order valence-electron chi connectivity index (χ3n) is 3.26. The van der Waals surface area contributed by atoms with Crippen molar-refractivity contribution in [1.82, 2.24) is 5.32 Å². The molecule has 1 amide bonds. The molecule has 0 aliphatic heterocycles. The molecule has 21 heavy (non-hydrogen) atoms. The zero-order chi connectivity index (χ0) is 15.1. The Balaban J connectivity index is 1.76. The smallest absolute Gasteiger partial charge is 0.237 e. The van der Waals surface area contributed by atoms with Gasteiger partial charge in [0.1, 0.15) is 5.82 Å². The second-order valence-corrected chi connectivity index (χ2v) is 4.96. The van der Waals surface area contributed by atoms with Gasteiger partial charge < -0.3 is 11.1 Å². The van der Waals surface area contributed by atoms with Gasteiger partial charge in [-0.05, 0) is 36.1 Å². The summed E-state index contributed by atoms with van der Waals surface area (Å²) < 4.78 is 12.8. The van der Waals surface area contributed by atoms with E-state index in [0.717, 1.165) is 12.0 Å². The Morgan fingerprint density at radius 3 is 2.38 bits per heavy atom. The SMILES string of the molecule is N[C@H](Cc1ccc(F)cc1)C(=O)NCCc1ccccc1. The topological polar surface area (TPSA) is 55.1 Å². The minimum atomic E-state index is -0.619. The number of amides is 1. The van der Waals surface area contributed by atoms with Crippen molar-refractivity contribution < 1.29 is 9.18 Å². The molecule has 1 atom stereocenters. The Kier molecular flexibility index (Phi) is 5.46. The molecule has 0 heterocycles. The van der Waals surface area contributed by atoms with Crippen LogP contribution in [0.3, 0.4) is 0 Å². The maximum atomic E-state index is 12.8. The number of rotatable bonds is 6. The quantitative estimate of drug-likeness (QED) is 0.854. The van der Waals surface area contributed by atoms with E-state index >= 15 is 0 Å². The van der Waals surface area contributed by atoms with Gasteiger partial charge in [0.2, 0.25) is 5.91 Å². The van der Waals surface area contributed by atoms with E-state index in [1.807, 2.05) is 30.3 Å². The Morgan fingerprint density at radius 2 is 1.71 bits per heavy atom. The van der Waals surface area contributed by atoms with Crippen LogP contribution in [0, 0.1) is 5.82 Å². The van der Waals surface area contributed by atoms with E-state index in [9.17, 15) is 9.18 Å². The second-order valence-electron chi connectivity index (χ2n) is 4.96. The highest BCUT2D eigenvalue weighted by atomic mass is 19.1. The molecule has 0 saturated carbocycles. The molecule has 0 bridgehead atoms. The number of halogens is 1. The molecule has 2 rings (SSSR count). The van der Waals surface area contributed by atoms with Gasteiger partial charge in [0, 0.05) is 6.54 Å². The molecule has 0 aliphatic carbocycles. The van der Waals surface area contributed by atoms with E-state index in [-0.39, 0.29) is 11.7 Å². The van der Waals surface area contributed by atoms with Gasteiger partial charge in [0.05, 0.1) is 6.04 Å². The Hall–Kier alpha value is -2.20. The van der Waals surface area contributed by atoms with E-state index in [0.29, 0.717) is 13.0 Å². The lowest BCUT2D eigenvalue weighted by atomic mass is 10.1. The van der Waals surface area contributed by atoms with Crippen molar-refractivity contribution in [3.63, 3.8) is 0 Å². The van der Waals surface area contributed by atoms with Crippen LogP contribution in [0.15, 0.2) is 54.6 Å². The van der Waals surface area contributed by atoms with Crippen molar-refractivity contribution in [3.8, 4) is 0 Å². The summed E-state index contributed by atoms with van der Waals surface area (Å²) in [7, 11) is 0. The van der Waals surface area contributed by atoms with Crippen molar-refractivity contribution in [1.29, 1.82) is 0 Å². The van der Waals surface area contributed by atoms with E-state index in [2.05, 4.69) is 5.32 Å². The summed E-state index contributed by atoms with van der Waals surface area (Å²) >= 11 is 0. The summed E-state index contributed by atoms with van der Waals surface area (Å²) in [4.78, 5) is 11.9. The van der Waals surface area contributed by atoms with Crippen LogP contribution in [0.4, 0.5) is 4.39 Å². The molecule has 0 aromatic heterocycles. The van der Waals surface area contributed by atoms with Crippen molar-refractivity contribution >= 4 is 5.91 Å². The molecule has 2 aromatic carbocycles. The fourth-order valence-electron chi connectivity index (χ4n) is 2.07. The summed E-state index contributed by atoms with van der Waals surface area (Å²) in [5.41, 5.74) is 7.88. The molecule has 110 valence electrons. The van der Waals surface area contributed by atoms with Crippen molar-refractivity contribution in [2.45, 2.75) is 18.9 Å². The van der Waals surface area contributed by atoms with Gasteiger partial charge in [-0.2, -0.15) is 0 Å². The van der Waals surface area contributed by atoms with Gasteiger partial charge in [-0.3, -0.25) is 4.79 Å². The maximum Gasteiger partial charge on any atom is 0.237 e. The van der Waals surface area contributed by atoms with Crippen LogP contribution < -0.4 is 11.1 Å². The first-order valence-electron chi connectivity index (χ1n) is 6.97. The maximum absolute atomic E-state index is 12.8. The average Bonchev–Trinajstić information content (AvgIpc) is 2.50. The number of hydrogen-bond acceptors (Lipinski definition) is 2. The zero-order valence-electron chi connectivity index (χ0n) is 11.8. The standard InChI is InChI=1S/C17H19FN2O/c18-15-8-6-14(7-9-15)12-16(19)17(21)20-11-10-13-4-2-1-3-5-13/h1-9,16H,10-12,19H2,(H,20,21)/t16-/m1/s1. The fourth-order valence-corrected chi connectivity index (χ4v) is 2.07. The molecule has 0 spiro atoms. The molecule has 4 heteroatoms. The molecule has 0 fully saturated rings. The number of carbonyl (C=O) groups excluding carboxylic acids is 1. The fraction of sp³-hybridized carbons (Fsp3) is 0.235. The Labute approximate surface area is 124 Å². The normalized spacial score (nSPS) is 11.9. The lowest BCUT2D eigenvalue weighted by Crippen LogP contribution is -2.42. The highest BCUT2D eigenvalue weighted by Gasteiger charge is 2.13. The van der Waals surface area contributed by atoms with Gasteiger partial charge in [0.15, 0.2) is 0 Å². The second kappa shape index (κ2) is 7.55. The van der Waals surface area contributed by atoms with E-state index in [4.69, 9.17) is 5.73 Å². The van der Waals surface area contributed by atoms with E-state index < -0.39 is 6.04 Å². The molecular weight excluding hydrogens is 267 g/mol. The highest BCUT2D eigenvalue weighted by molar-refractivity contribution is 5.81. The first kappa shape index (κ1) is 15.2. The summed E-state index contributed by atoms with van der Waals surface area (Å²) in [6.45, 7) is 0.556. The minimum absolute atomic E-state index is 0.185. The molecule has 0 unspecified atom stereocenters. The summed E-state index contributed by atoms with van der Waals surface area (Å²) in [6.07, 6.45) is 1.17. The van der Waals surface area contributed by atoms with Crippen LogP contribution in [0.2, 0.25) is 0 Å². The molecule has 0 saturated heterocycles. The largest absolute Gasteiger partial charge is 0.354 e. The van der Waals surface area contributed by atoms with Crippen LogP contribution in [0.5, 0.6) is 0 Å². The van der Waals surface area contributed by atoms with Crippen LogP contribution in [0.25, 0.3) is 0 Å². The van der Waals surface area contributed by atoms with Crippen LogP contribution in [0.1, 0.15) is 11.1 Å². The third-order valence-corrected chi connectivity index (χ3v) is 3.26. The Bertz CT molecular complexity index is 569. The molecule has 0 aliphatic rings. The first-order chi connectivity index (χ1) is 10.1. The van der Waals surface area contributed by atoms with E-state index in [1.54, 1.807) is 12.1 Å². The van der Waals surface area contributed by atoms with Crippen LogP contribution in [-0.2, 0) is 17.6 Å². The number of nitrogens with one attached hydrogen (secondary N) is 1. The van der Waals surface area contributed by atoms with Gasteiger partial charge in [-0.15, -0.1) is 0 Å². The van der Waals surface area contributed by atoms with Gasteiger partial charge in [-0.1, -0.05) is 42.5 Å². The summed E-state index contributed by atoms with van der Waals surface area (Å²) in [6, 6.07) is 15.3. The number of benzene rings is 2. The Morgan fingerprint density at radius 1 is 1.05 bits per heavy atom. The monoisotopic (exact) mass is 286 g/mol. The molecule has 0 radical (unpaired) electrons. The lowest BCUT2D eigenvalue weighted by Gasteiger charge is -2.12. The number of hydrogen-bond donors (Lipinski definition) is 2. The van der Waals surface area contributed by atoms with E-state index in [1.165, 1.54) is 17.7 Å². The van der Waals surface area contributed by atoms with Crippen molar-refractivity contribution in [3.05, 3.63) is 71.5 Å². The molecular formula is C17H19FN2O. The van der Waals surface area contributed by atoms with Gasteiger partial charge in [-0.25, -0.2) is 4.39 Å².